The molecule has 0 aromatic carbocycles. The first-order valence-electron chi connectivity index (χ1n) is 4.14. The molecule has 0 bridgehead atoms. The van der Waals surface area contributed by atoms with E-state index >= 15 is 0 Å². The van der Waals surface area contributed by atoms with E-state index in [9.17, 15) is 4.79 Å². The van der Waals surface area contributed by atoms with Crippen LogP contribution in [0.1, 0.15) is 6.42 Å². The van der Waals surface area contributed by atoms with Crippen molar-refractivity contribution in [2.75, 3.05) is 13.2 Å². The summed E-state index contributed by atoms with van der Waals surface area (Å²) in [6.07, 6.45) is 2.41. The number of nitrogens with one attached hydrogen (secondary N) is 1. The van der Waals surface area contributed by atoms with Gasteiger partial charge in [0.2, 0.25) is 0 Å². The van der Waals surface area contributed by atoms with Crippen molar-refractivity contribution in [2.24, 2.45) is 0 Å². The van der Waals surface area contributed by atoms with Crippen LogP contribution in [0.15, 0.2) is 17.1 Å². The van der Waals surface area contributed by atoms with Gasteiger partial charge in [0.25, 0.3) is 5.56 Å². The minimum absolute atomic E-state index is 0.0589. The molecular formula is C8H10N2O3. The zero-order valence-electron chi connectivity index (χ0n) is 7.03. The van der Waals surface area contributed by atoms with Crippen LogP contribution in [0.5, 0.6) is 5.75 Å². The summed E-state index contributed by atoms with van der Waals surface area (Å²) in [4.78, 5) is 10.8. The van der Waals surface area contributed by atoms with Crippen molar-refractivity contribution < 1.29 is 9.47 Å². The summed E-state index contributed by atoms with van der Waals surface area (Å²) in [5.74, 6) is 0.499. The molecule has 70 valence electrons. The molecule has 0 radical (unpaired) electrons. The average Bonchev–Trinajstić information content (AvgIpc) is 2.57. The predicted molar refractivity (Wildman–Crippen MR) is 44.7 cm³/mol. The van der Waals surface area contributed by atoms with Crippen molar-refractivity contribution >= 4 is 0 Å². The largest absolute Gasteiger partial charge is 0.486 e. The zero-order valence-corrected chi connectivity index (χ0v) is 7.03. The normalized spacial score (nSPS) is 21.7. The Labute approximate surface area is 74.7 Å². The summed E-state index contributed by atoms with van der Waals surface area (Å²) in [5.41, 5.74) is -0.253. The molecule has 1 aromatic rings. The lowest BCUT2D eigenvalue weighted by molar-refractivity contribution is 0.141. The fourth-order valence-corrected chi connectivity index (χ4v) is 1.22. The highest BCUT2D eigenvalue weighted by Crippen LogP contribution is 2.12. The lowest BCUT2D eigenvalue weighted by atomic mass is 10.3. The van der Waals surface area contributed by atoms with E-state index in [2.05, 4.69) is 10.2 Å². The van der Waals surface area contributed by atoms with Crippen LogP contribution >= 0.6 is 0 Å². The van der Waals surface area contributed by atoms with Gasteiger partial charge < -0.3 is 9.47 Å². The summed E-state index contributed by atoms with van der Waals surface area (Å²) in [7, 11) is 0. The molecule has 13 heavy (non-hydrogen) atoms. The standard InChI is InChI=1S/C8H10N2O3/c11-8-3-7(4-9-10-8)13-6-1-2-12-5-6/h3-4,6H,1-2,5H2,(H,10,11). The smallest absolute Gasteiger partial charge is 0.267 e. The monoisotopic (exact) mass is 182 g/mol. The highest BCUT2D eigenvalue weighted by Gasteiger charge is 2.17. The third-order valence-corrected chi connectivity index (χ3v) is 1.83. The molecular weight excluding hydrogens is 172 g/mol. The fraction of sp³-hybridized carbons (Fsp3) is 0.500. The van der Waals surface area contributed by atoms with E-state index in [0.717, 1.165) is 13.0 Å². The van der Waals surface area contributed by atoms with Crippen LogP contribution in [-0.4, -0.2) is 29.5 Å². The first-order valence-corrected chi connectivity index (χ1v) is 4.14. The third-order valence-electron chi connectivity index (χ3n) is 1.83. The van der Waals surface area contributed by atoms with Gasteiger partial charge in [0.05, 0.1) is 19.4 Å². The van der Waals surface area contributed by atoms with Gasteiger partial charge in [-0.2, -0.15) is 5.10 Å². The van der Waals surface area contributed by atoms with Crippen LogP contribution in [0.4, 0.5) is 0 Å². The Hall–Kier alpha value is -1.36. The van der Waals surface area contributed by atoms with Crippen LogP contribution in [-0.2, 0) is 4.74 Å². The van der Waals surface area contributed by atoms with Crippen LogP contribution in [0.25, 0.3) is 0 Å². The third kappa shape index (κ3) is 2.06. The minimum Gasteiger partial charge on any atom is -0.486 e. The van der Waals surface area contributed by atoms with Crippen molar-refractivity contribution in [3.63, 3.8) is 0 Å². The average molecular weight is 182 g/mol. The maximum atomic E-state index is 10.8. The Balaban J connectivity index is 2.04. The molecule has 1 atom stereocenters. The SMILES string of the molecule is O=c1cc(OC2CCOC2)cn[nH]1. The van der Waals surface area contributed by atoms with Crippen LogP contribution in [0, 0.1) is 0 Å². The van der Waals surface area contributed by atoms with Crippen LogP contribution in [0.2, 0.25) is 0 Å². The fourth-order valence-electron chi connectivity index (χ4n) is 1.22. The van der Waals surface area contributed by atoms with E-state index in [1.807, 2.05) is 0 Å². The lowest BCUT2D eigenvalue weighted by Crippen LogP contribution is -2.17. The van der Waals surface area contributed by atoms with Gasteiger partial charge in [0, 0.05) is 12.5 Å². The summed E-state index contributed by atoms with van der Waals surface area (Å²) < 4.78 is 10.6. The van der Waals surface area contributed by atoms with E-state index in [-0.39, 0.29) is 11.7 Å². The number of rotatable bonds is 2. The molecule has 5 nitrogen and oxygen atoms in total. The highest BCUT2D eigenvalue weighted by molar-refractivity contribution is 5.13. The van der Waals surface area contributed by atoms with Gasteiger partial charge in [-0.15, -0.1) is 0 Å². The second-order valence-electron chi connectivity index (χ2n) is 2.88. The first kappa shape index (κ1) is 8.25. The number of aromatic nitrogens is 2. The van der Waals surface area contributed by atoms with E-state index < -0.39 is 0 Å². The van der Waals surface area contributed by atoms with Gasteiger partial charge in [-0.05, 0) is 0 Å². The Morgan fingerprint density at radius 3 is 3.31 bits per heavy atom. The molecule has 5 heteroatoms. The van der Waals surface area contributed by atoms with Gasteiger partial charge in [-0.25, -0.2) is 5.10 Å². The number of aromatic amines is 1. The van der Waals surface area contributed by atoms with Crippen molar-refractivity contribution in [3.05, 3.63) is 22.6 Å². The van der Waals surface area contributed by atoms with Gasteiger partial charge in [-0.1, -0.05) is 0 Å². The minimum atomic E-state index is -0.253. The second-order valence-corrected chi connectivity index (χ2v) is 2.88. The van der Waals surface area contributed by atoms with Crippen molar-refractivity contribution in [1.29, 1.82) is 0 Å². The summed E-state index contributed by atoms with van der Waals surface area (Å²) in [6.45, 7) is 1.31. The number of H-pyrrole nitrogens is 1. The molecule has 1 fully saturated rings. The Morgan fingerprint density at radius 2 is 2.62 bits per heavy atom. The number of nitrogens with zero attached hydrogens (tertiary/aromatic N) is 1. The maximum absolute atomic E-state index is 10.8. The highest BCUT2D eigenvalue weighted by atomic mass is 16.5. The molecule has 1 saturated heterocycles. The molecule has 1 aliphatic heterocycles. The number of hydrogen-bond acceptors (Lipinski definition) is 4. The Kier molecular flexibility index (Phi) is 2.27. The molecule has 1 aliphatic rings. The van der Waals surface area contributed by atoms with E-state index in [1.165, 1.54) is 12.3 Å². The number of ether oxygens (including phenoxy) is 2. The molecule has 0 amide bonds. The zero-order chi connectivity index (χ0) is 9.10. The molecule has 0 aliphatic carbocycles. The van der Waals surface area contributed by atoms with Crippen LogP contribution in [0.3, 0.4) is 0 Å². The predicted octanol–water partition coefficient (Wildman–Crippen LogP) is -0.0624. The van der Waals surface area contributed by atoms with Crippen molar-refractivity contribution in [2.45, 2.75) is 12.5 Å². The van der Waals surface area contributed by atoms with Gasteiger partial charge in [0.15, 0.2) is 0 Å². The Bertz CT molecular complexity index is 330. The molecule has 0 saturated carbocycles. The van der Waals surface area contributed by atoms with Gasteiger partial charge in [-0.3, -0.25) is 4.79 Å². The van der Waals surface area contributed by atoms with E-state index in [1.54, 1.807) is 0 Å². The molecule has 2 rings (SSSR count). The summed E-state index contributed by atoms with van der Waals surface area (Å²) >= 11 is 0. The van der Waals surface area contributed by atoms with Gasteiger partial charge in [0.1, 0.15) is 11.9 Å². The van der Waals surface area contributed by atoms with E-state index in [4.69, 9.17) is 9.47 Å². The molecule has 2 heterocycles. The van der Waals surface area contributed by atoms with Crippen LogP contribution < -0.4 is 10.3 Å². The molecule has 0 spiro atoms. The van der Waals surface area contributed by atoms with Crippen molar-refractivity contribution in [1.82, 2.24) is 10.2 Å². The molecule has 1 N–H and O–H groups in total. The van der Waals surface area contributed by atoms with Gasteiger partial charge >= 0.3 is 0 Å². The molecule has 1 unspecified atom stereocenters. The maximum Gasteiger partial charge on any atom is 0.267 e. The second kappa shape index (κ2) is 3.57. The topological polar surface area (TPSA) is 64.2 Å². The Morgan fingerprint density at radius 1 is 1.69 bits per heavy atom. The van der Waals surface area contributed by atoms with Crippen molar-refractivity contribution in [3.8, 4) is 5.75 Å². The first-order chi connectivity index (χ1) is 6.34. The summed E-state index contributed by atoms with van der Waals surface area (Å²) in [5, 5.41) is 5.90. The summed E-state index contributed by atoms with van der Waals surface area (Å²) in [6, 6.07) is 1.38. The lowest BCUT2D eigenvalue weighted by Gasteiger charge is -2.09. The van der Waals surface area contributed by atoms with E-state index in [0.29, 0.717) is 12.4 Å². The number of hydrogen-bond donors (Lipinski definition) is 1. The molecule has 1 aromatic heterocycles. The quantitative estimate of drug-likeness (QED) is 0.695.